The van der Waals surface area contributed by atoms with E-state index in [1.165, 1.54) is 16.5 Å². The van der Waals surface area contributed by atoms with Gasteiger partial charge in [-0.15, -0.1) is 0 Å². The van der Waals surface area contributed by atoms with E-state index in [2.05, 4.69) is 59.0 Å². The predicted octanol–water partition coefficient (Wildman–Crippen LogP) is 5.59. The van der Waals surface area contributed by atoms with Crippen molar-refractivity contribution in [3.63, 3.8) is 0 Å². The van der Waals surface area contributed by atoms with Gasteiger partial charge in [0.15, 0.2) is 0 Å². The van der Waals surface area contributed by atoms with Crippen molar-refractivity contribution >= 4 is 16.8 Å². The van der Waals surface area contributed by atoms with E-state index in [4.69, 9.17) is 0 Å². The zero-order valence-electron chi connectivity index (χ0n) is 16.5. The van der Waals surface area contributed by atoms with Crippen LogP contribution in [0.25, 0.3) is 10.9 Å². The fourth-order valence-corrected chi connectivity index (χ4v) is 3.83. The number of rotatable bonds is 8. The highest BCUT2D eigenvalue weighted by Gasteiger charge is 2.15. The number of para-hydroxylation sites is 1. The van der Waals surface area contributed by atoms with Crippen LogP contribution in [0.3, 0.4) is 0 Å². The smallest absolute Gasteiger partial charge is 0.220 e. The van der Waals surface area contributed by atoms with Gasteiger partial charge in [0, 0.05) is 23.5 Å². The number of aryl methyl sites for hydroxylation is 1. The lowest BCUT2D eigenvalue weighted by Crippen LogP contribution is -2.29. The molecule has 3 heteroatoms. The first kappa shape index (κ1) is 19.0. The van der Waals surface area contributed by atoms with Crippen molar-refractivity contribution in [1.29, 1.82) is 0 Å². The third-order valence-electron chi connectivity index (χ3n) is 5.34. The molecule has 2 N–H and O–H groups in total. The molecule has 0 saturated heterocycles. The Hall–Kier alpha value is -3.33. The molecule has 0 aliphatic rings. The van der Waals surface area contributed by atoms with E-state index in [1.54, 1.807) is 0 Å². The molecule has 1 atom stereocenters. The zero-order valence-corrected chi connectivity index (χ0v) is 16.5. The van der Waals surface area contributed by atoms with Gasteiger partial charge in [0.1, 0.15) is 0 Å². The number of hydrogen-bond acceptors (Lipinski definition) is 1. The third-order valence-corrected chi connectivity index (χ3v) is 5.34. The highest BCUT2D eigenvalue weighted by Crippen LogP contribution is 2.21. The number of benzene rings is 3. The molecule has 4 aromatic rings. The SMILES string of the molecule is O=C(CCCc1c[nH]c2ccccc12)NC(Cc1ccccc1)c1ccccc1. The Labute approximate surface area is 171 Å². The normalized spacial score (nSPS) is 12.0. The van der Waals surface area contributed by atoms with Gasteiger partial charge in [-0.1, -0.05) is 78.9 Å². The lowest BCUT2D eigenvalue weighted by molar-refractivity contribution is -0.121. The van der Waals surface area contributed by atoms with Crippen LogP contribution in [0.15, 0.2) is 91.1 Å². The molecule has 0 bridgehead atoms. The van der Waals surface area contributed by atoms with Crippen molar-refractivity contribution in [3.05, 3.63) is 108 Å². The quantitative estimate of drug-likeness (QED) is 0.410. The Bertz CT molecular complexity index is 1050. The number of amides is 1. The van der Waals surface area contributed by atoms with Gasteiger partial charge >= 0.3 is 0 Å². The Morgan fingerprint density at radius 2 is 1.55 bits per heavy atom. The molecule has 0 spiro atoms. The van der Waals surface area contributed by atoms with E-state index in [0.29, 0.717) is 6.42 Å². The monoisotopic (exact) mass is 382 g/mol. The number of nitrogens with one attached hydrogen (secondary N) is 2. The van der Waals surface area contributed by atoms with Crippen molar-refractivity contribution in [2.45, 2.75) is 31.7 Å². The summed E-state index contributed by atoms with van der Waals surface area (Å²) in [6.45, 7) is 0. The molecule has 3 aromatic carbocycles. The first-order chi connectivity index (χ1) is 14.3. The Morgan fingerprint density at radius 1 is 0.862 bits per heavy atom. The molecule has 4 rings (SSSR count). The molecule has 29 heavy (non-hydrogen) atoms. The largest absolute Gasteiger partial charge is 0.361 e. The number of carbonyl (C=O) groups is 1. The van der Waals surface area contributed by atoms with Gasteiger partial charge in [-0.05, 0) is 42.0 Å². The molecule has 0 aliphatic heterocycles. The second-order valence-electron chi connectivity index (χ2n) is 7.43. The minimum Gasteiger partial charge on any atom is -0.361 e. The van der Waals surface area contributed by atoms with Crippen LogP contribution in [-0.2, 0) is 17.6 Å². The average molecular weight is 383 g/mol. The number of carbonyl (C=O) groups excluding carboxylic acids is 1. The molecule has 0 aliphatic carbocycles. The van der Waals surface area contributed by atoms with E-state index in [0.717, 1.165) is 30.3 Å². The van der Waals surface area contributed by atoms with E-state index in [1.807, 2.05) is 42.5 Å². The van der Waals surface area contributed by atoms with Crippen LogP contribution >= 0.6 is 0 Å². The Kier molecular flexibility index (Phi) is 6.06. The van der Waals surface area contributed by atoms with Crippen molar-refractivity contribution in [3.8, 4) is 0 Å². The van der Waals surface area contributed by atoms with E-state index < -0.39 is 0 Å². The van der Waals surface area contributed by atoms with E-state index in [9.17, 15) is 4.79 Å². The van der Waals surface area contributed by atoms with Crippen LogP contribution in [0.4, 0.5) is 0 Å². The predicted molar refractivity (Wildman–Crippen MR) is 119 cm³/mol. The highest BCUT2D eigenvalue weighted by atomic mass is 16.1. The van der Waals surface area contributed by atoms with Crippen LogP contribution in [0.2, 0.25) is 0 Å². The number of hydrogen-bond donors (Lipinski definition) is 2. The lowest BCUT2D eigenvalue weighted by atomic mass is 9.98. The lowest BCUT2D eigenvalue weighted by Gasteiger charge is -2.19. The average Bonchev–Trinajstić information content (AvgIpc) is 3.18. The van der Waals surface area contributed by atoms with Gasteiger partial charge in [-0.3, -0.25) is 4.79 Å². The van der Waals surface area contributed by atoms with Gasteiger partial charge in [0.25, 0.3) is 0 Å². The summed E-state index contributed by atoms with van der Waals surface area (Å²) >= 11 is 0. The summed E-state index contributed by atoms with van der Waals surface area (Å²) in [6, 6.07) is 28.8. The summed E-state index contributed by atoms with van der Waals surface area (Å²) in [7, 11) is 0. The molecular weight excluding hydrogens is 356 g/mol. The van der Waals surface area contributed by atoms with Gasteiger partial charge in [-0.2, -0.15) is 0 Å². The summed E-state index contributed by atoms with van der Waals surface area (Å²) in [5.41, 5.74) is 4.79. The summed E-state index contributed by atoms with van der Waals surface area (Å²) in [5.74, 6) is 0.106. The standard InChI is InChI=1S/C26H26N2O/c29-26(17-9-14-22-19-27-24-16-8-7-15-23(22)24)28-25(21-12-5-2-6-13-21)18-20-10-3-1-4-11-20/h1-8,10-13,15-16,19,25,27H,9,14,17-18H2,(H,28,29). The molecule has 1 aromatic heterocycles. The maximum atomic E-state index is 12.7. The molecule has 146 valence electrons. The summed E-state index contributed by atoms with van der Waals surface area (Å²) in [4.78, 5) is 16.0. The first-order valence-electron chi connectivity index (χ1n) is 10.2. The van der Waals surface area contributed by atoms with Crippen LogP contribution in [0.1, 0.15) is 35.6 Å². The molecule has 0 fully saturated rings. The highest BCUT2D eigenvalue weighted by molar-refractivity contribution is 5.83. The van der Waals surface area contributed by atoms with Crippen molar-refractivity contribution < 1.29 is 4.79 Å². The van der Waals surface area contributed by atoms with E-state index in [-0.39, 0.29) is 11.9 Å². The van der Waals surface area contributed by atoms with Crippen molar-refractivity contribution in [2.24, 2.45) is 0 Å². The topological polar surface area (TPSA) is 44.9 Å². The molecule has 1 amide bonds. The summed E-state index contributed by atoms with van der Waals surface area (Å²) in [6.07, 6.45) is 5.11. The molecule has 3 nitrogen and oxygen atoms in total. The molecule has 1 unspecified atom stereocenters. The van der Waals surface area contributed by atoms with Gasteiger partial charge < -0.3 is 10.3 Å². The summed E-state index contributed by atoms with van der Waals surface area (Å²) < 4.78 is 0. The van der Waals surface area contributed by atoms with Crippen LogP contribution in [0, 0.1) is 0 Å². The molecular formula is C26H26N2O. The van der Waals surface area contributed by atoms with Crippen molar-refractivity contribution in [2.75, 3.05) is 0 Å². The van der Waals surface area contributed by atoms with Gasteiger partial charge in [-0.25, -0.2) is 0 Å². The maximum absolute atomic E-state index is 12.7. The molecule has 0 saturated carbocycles. The van der Waals surface area contributed by atoms with Crippen LogP contribution in [0.5, 0.6) is 0 Å². The third kappa shape index (κ3) is 4.94. The number of aromatic amines is 1. The first-order valence-corrected chi connectivity index (χ1v) is 10.2. The number of fused-ring (bicyclic) bond motifs is 1. The summed E-state index contributed by atoms with van der Waals surface area (Å²) in [5, 5.41) is 4.50. The van der Waals surface area contributed by atoms with E-state index >= 15 is 0 Å². The minimum atomic E-state index is -0.0146. The Balaban J connectivity index is 1.37. The van der Waals surface area contributed by atoms with Gasteiger partial charge in [0.05, 0.1) is 6.04 Å². The maximum Gasteiger partial charge on any atom is 0.220 e. The number of aromatic nitrogens is 1. The second-order valence-corrected chi connectivity index (χ2v) is 7.43. The Morgan fingerprint density at radius 3 is 2.34 bits per heavy atom. The van der Waals surface area contributed by atoms with Crippen LogP contribution in [-0.4, -0.2) is 10.9 Å². The van der Waals surface area contributed by atoms with Crippen LogP contribution < -0.4 is 5.32 Å². The van der Waals surface area contributed by atoms with Crippen molar-refractivity contribution in [1.82, 2.24) is 10.3 Å². The second kappa shape index (κ2) is 9.24. The number of H-pyrrole nitrogens is 1. The fourth-order valence-electron chi connectivity index (χ4n) is 3.83. The fraction of sp³-hybridized carbons (Fsp3) is 0.192. The van der Waals surface area contributed by atoms with Gasteiger partial charge in [0.2, 0.25) is 5.91 Å². The minimum absolute atomic E-state index is 0.0146. The molecule has 0 radical (unpaired) electrons. The molecule has 1 heterocycles. The zero-order chi connectivity index (χ0) is 19.9.